The Kier molecular flexibility index (Phi) is 4.59. The van der Waals surface area contributed by atoms with E-state index in [1.54, 1.807) is 0 Å². The molecule has 0 saturated heterocycles. The minimum atomic E-state index is -1.13. The van der Waals surface area contributed by atoms with Gasteiger partial charge in [-0.05, 0) is 6.07 Å². The van der Waals surface area contributed by atoms with Crippen LogP contribution in [0.25, 0.3) is 0 Å². The van der Waals surface area contributed by atoms with Crippen molar-refractivity contribution >= 4 is 40.5 Å². The van der Waals surface area contributed by atoms with Crippen LogP contribution >= 0.6 is 23.2 Å². The lowest BCUT2D eigenvalue weighted by atomic mass is 10.1. The fourth-order valence-electron chi connectivity index (χ4n) is 1.63. The Morgan fingerprint density at radius 2 is 1.81 bits per heavy atom. The fraction of sp³-hybridized carbons (Fsp3) is 0.0769. The zero-order valence-electron chi connectivity index (χ0n) is 10.7. The summed E-state index contributed by atoms with van der Waals surface area (Å²) in [5.41, 5.74) is 0.297. The number of halogens is 4. The Bertz CT molecular complexity index is 710. The highest BCUT2D eigenvalue weighted by atomic mass is 35.5. The SMILES string of the molecule is CNC(=O)c1cc(F)c(F)cc1Nc1cc(Cl)ncc1Cl. The molecule has 0 aliphatic carbocycles. The van der Waals surface area contributed by atoms with Gasteiger partial charge in [-0.3, -0.25) is 4.79 Å². The number of nitrogens with one attached hydrogen (secondary N) is 2. The summed E-state index contributed by atoms with van der Waals surface area (Å²) in [6, 6.07) is 3.07. The van der Waals surface area contributed by atoms with Crippen LogP contribution in [0.5, 0.6) is 0 Å². The Morgan fingerprint density at radius 3 is 2.48 bits per heavy atom. The molecule has 1 aromatic heterocycles. The molecule has 8 heteroatoms. The first-order valence-corrected chi connectivity index (χ1v) is 6.47. The van der Waals surface area contributed by atoms with Gasteiger partial charge in [-0.1, -0.05) is 23.2 Å². The number of hydrogen-bond donors (Lipinski definition) is 2. The standard InChI is InChI=1S/C13H9Cl2F2N3O/c1-18-13(21)6-2-8(16)9(17)3-10(6)20-11-4-12(15)19-5-7(11)14/h2-5H,1H3,(H,18,21)(H,19,20). The van der Waals surface area contributed by atoms with Crippen LogP contribution < -0.4 is 10.6 Å². The molecule has 1 heterocycles. The van der Waals surface area contributed by atoms with E-state index in [1.165, 1.54) is 19.3 Å². The van der Waals surface area contributed by atoms with Crippen molar-refractivity contribution in [3.8, 4) is 0 Å². The molecule has 4 nitrogen and oxygen atoms in total. The summed E-state index contributed by atoms with van der Waals surface area (Å²) in [6.45, 7) is 0. The number of carbonyl (C=O) groups excluding carboxylic acids is 1. The van der Waals surface area contributed by atoms with Gasteiger partial charge in [0.1, 0.15) is 5.15 Å². The van der Waals surface area contributed by atoms with E-state index in [4.69, 9.17) is 23.2 Å². The average molecular weight is 332 g/mol. The van der Waals surface area contributed by atoms with Crippen molar-refractivity contribution in [2.45, 2.75) is 0 Å². The van der Waals surface area contributed by atoms with Gasteiger partial charge in [0.15, 0.2) is 11.6 Å². The number of hydrogen-bond acceptors (Lipinski definition) is 3. The molecular weight excluding hydrogens is 323 g/mol. The molecule has 2 N–H and O–H groups in total. The van der Waals surface area contributed by atoms with Gasteiger partial charge in [-0.2, -0.15) is 0 Å². The van der Waals surface area contributed by atoms with Crippen LogP contribution in [-0.4, -0.2) is 17.9 Å². The first-order valence-electron chi connectivity index (χ1n) is 5.71. The van der Waals surface area contributed by atoms with Crippen molar-refractivity contribution in [2.24, 2.45) is 0 Å². The van der Waals surface area contributed by atoms with E-state index in [2.05, 4.69) is 15.6 Å². The van der Waals surface area contributed by atoms with Gasteiger partial charge in [0.25, 0.3) is 5.91 Å². The molecule has 0 spiro atoms. The van der Waals surface area contributed by atoms with Crippen LogP contribution in [-0.2, 0) is 0 Å². The fourth-order valence-corrected chi connectivity index (χ4v) is 1.94. The molecule has 1 amide bonds. The van der Waals surface area contributed by atoms with Gasteiger partial charge in [-0.25, -0.2) is 13.8 Å². The van der Waals surface area contributed by atoms with Crippen LogP contribution in [0, 0.1) is 11.6 Å². The third-order valence-electron chi connectivity index (χ3n) is 2.62. The minimum absolute atomic E-state index is 0.0532. The summed E-state index contributed by atoms with van der Waals surface area (Å²) in [7, 11) is 1.38. The van der Waals surface area contributed by atoms with Gasteiger partial charge in [0, 0.05) is 25.4 Å². The molecule has 0 fully saturated rings. The largest absolute Gasteiger partial charge is 0.355 e. The summed E-state index contributed by atoms with van der Waals surface area (Å²) in [5.74, 6) is -2.80. The number of amides is 1. The molecule has 0 unspecified atom stereocenters. The Hall–Kier alpha value is -1.92. The lowest BCUT2D eigenvalue weighted by Crippen LogP contribution is -2.19. The highest BCUT2D eigenvalue weighted by Gasteiger charge is 2.16. The maximum absolute atomic E-state index is 13.4. The molecule has 0 saturated carbocycles. The van der Waals surface area contributed by atoms with Crippen molar-refractivity contribution in [2.75, 3.05) is 12.4 Å². The van der Waals surface area contributed by atoms with Crippen molar-refractivity contribution < 1.29 is 13.6 Å². The van der Waals surface area contributed by atoms with E-state index in [0.717, 1.165) is 12.1 Å². The summed E-state index contributed by atoms with van der Waals surface area (Å²) < 4.78 is 26.7. The Labute approximate surface area is 129 Å². The summed E-state index contributed by atoms with van der Waals surface area (Å²) in [6.07, 6.45) is 1.30. The number of nitrogens with zero attached hydrogens (tertiary/aromatic N) is 1. The third kappa shape index (κ3) is 3.40. The van der Waals surface area contributed by atoms with Gasteiger partial charge in [0.05, 0.1) is 22.0 Å². The smallest absolute Gasteiger partial charge is 0.253 e. The highest BCUT2D eigenvalue weighted by Crippen LogP contribution is 2.29. The van der Waals surface area contributed by atoms with E-state index in [9.17, 15) is 13.6 Å². The van der Waals surface area contributed by atoms with Crippen molar-refractivity contribution in [3.05, 3.63) is 51.8 Å². The van der Waals surface area contributed by atoms with Crippen LogP contribution in [0.15, 0.2) is 24.4 Å². The van der Waals surface area contributed by atoms with Crippen molar-refractivity contribution in [3.63, 3.8) is 0 Å². The molecule has 21 heavy (non-hydrogen) atoms. The second kappa shape index (κ2) is 6.24. The van der Waals surface area contributed by atoms with Gasteiger partial charge in [0.2, 0.25) is 0 Å². The summed E-state index contributed by atoms with van der Waals surface area (Å²) in [5, 5.41) is 5.45. The third-order valence-corrected chi connectivity index (χ3v) is 3.13. The Morgan fingerprint density at radius 1 is 1.14 bits per heavy atom. The first-order chi connectivity index (χ1) is 9.92. The molecule has 0 aliphatic heterocycles. The molecule has 2 rings (SSSR count). The van der Waals surface area contributed by atoms with Gasteiger partial charge < -0.3 is 10.6 Å². The molecule has 0 bridgehead atoms. The van der Waals surface area contributed by atoms with E-state index < -0.39 is 17.5 Å². The number of anilines is 2. The number of rotatable bonds is 3. The zero-order chi connectivity index (χ0) is 15.6. The lowest BCUT2D eigenvalue weighted by molar-refractivity contribution is 0.0963. The molecule has 2 aromatic rings. The lowest BCUT2D eigenvalue weighted by Gasteiger charge is -2.13. The molecule has 0 atom stereocenters. The predicted octanol–water partition coefficient (Wildman–Crippen LogP) is 3.77. The van der Waals surface area contributed by atoms with Crippen LogP contribution in [0.1, 0.15) is 10.4 Å². The van der Waals surface area contributed by atoms with Crippen LogP contribution in [0.3, 0.4) is 0 Å². The van der Waals surface area contributed by atoms with E-state index in [0.29, 0.717) is 5.69 Å². The quantitative estimate of drug-likeness (QED) is 0.842. The maximum Gasteiger partial charge on any atom is 0.253 e. The topological polar surface area (TPSA) is 54.0 Å². The average Bonchev–Trinajstić information content (AvgIpc) is 2.45. The van der Waals surface area contributed by atoms with E-state index in [-0.39, 0.29) is 21.4 Å². The van der Waals surface area contributed by atoms with E-state index >= 15 is 0 Å². The second-order valence-electron chi connectivity index (χ2n) is 4.00. The molecule has 110 valence electrons. The maximum atomic E-state index is 13.4. The second-order valence-corrected chi connectivity index (χ2v) is 4.80. The minimum Gasteiger partial charge on any atom is -0.355 e. The Balaban J connectivity index is 2.50. The zero-order valence-corrected chi connectivity index (χ0v) is 12.2. The van der Waals surface area contributed by atoms with Gasteiger partial charge >= 0.3 is 0 Å². The van der Waals surface area contributed by atoms with Crippen LogP contribution in [0.2, 0.25) is 10.2 Å². The summed E-state index contributed by atoms with van der Waals surface area (Å²) in [4.78, 5) is 15.5. The number of pyridine rings is 1. The number of benzene rings is 1. The van der Waals surface area contributed by atoms with E-state index in [1.807, 2.05) is 0 Å². The molecular formula is C13H9Cl2F2N3O. The van der Waals surface area contributed by atoms with Crippen LogP contribution in [0.4, 0.5) is 20.2 Å². The normalized spacial score (nSPS) is 10.3. The first kappa shape index (κ1) is 15.5. The van der Waals surface area contributed by atoms with Gasteiger partial charge in [-0.15, -0.1) is 0 Å². The predicted molar refractivity (Wildman–Crippen MR) is 77.3 cm³/mol. The summed E-state index contributed by atoms with van der Waals surface area (Å²) >= 11 is 11.7. The highest BCUT2D eigenvalue weighted by molar-refractivity contribution is 6.34. The molecule has 0 radical (unpaired) electrons. The molecule has 0 aliphatic rings. The monoisotopic (exact) mass is 331 g/mol. The molecule has 1 aromatic carbocycles. The number of aromatic nitrogens is 1. The van der Waals surface area contributed by atoms with Crippen molar-refractivity contribution in [1.29, 1.82) is 0 Å². The van der Waals surface area contributed by atoms with Crippen molar-refractivity contribution in [1.82, 2.24) is 10.3 Å². The number of carbonyl (C=O) groups is 1.